The number of amides is 3. The van der Waals surface area contributed by atoms with Gasteiger partial charge in [-0.2, -0.15) is 0 Å². The molecule has 10 heteroatoms. The summed E-state index contributed by atoms with van der Waals surface area (Å²) in [5.74, 6) is -1.59. The molecule has 0 saturated carbocycles. The van der Waals surface area contributed by atoms with Gasteiger partial charge < -0.3 is 10.1 Å². The van der Waals surface area contributed by atoms with E-state index in [1.165, 1.54) is 9.80 Å². The van der Waals surface area contributed by atoms with Gasteiger partial charge in [0.05, 0.1) is 28.3 Å². The van der Waals surface area contributed by atoms with Crippen LogP contribution in [0.2, 0.25) is 0 Å². The molecular formula is C24H21N3O5S2. The van der Waals surface area contributed by atoms with Gasteiger partial charge in [0.1, 0.15) is 10.9 Å². The molecule has 2 aliphatic rings. The molecule has 8 nitrogen and oxygen atoms in total. The van der Waals surface area contributed by atoms with Crippen molar-refractivity contribution in [2.45, 2.75) is 13.8 Å². The highest BCUT2D eigenvalue weighted by molar-refractivity contribution is 8.26. The van der Waals surface area contributed by atoms with Crippen LogP contribution in [0.3, 0.4) is 0 Å². The number of rotatable bonds is 6. The van der Waals surface area contributed by atoms with Crippen LogP contribution < -0.4 is 10.2 Å². The molecule has 2 heterocycles. The SMILES string of the molecule is CCOC(=O)c1ccc(NC(=O)CN2C(=O)C(=C3SC(=S)N(CC)C3=O)c3ccccc32)cc1. The van der Waals surface area contributed by atoms with Gasteiger partial charge in [-0.05, 0) is 44.2 Å². The second kappa shape index (κ2) is 9.78. The van der Waals surface area contributed by atoms with E-state index < -0.39 is 17.8 Å². The van der Waals surface area contributed by atoms with Gasteiger partial charge in [-0.25, -0.2) is 4.79 Å². The molecule has 174 valence electrons. The number of esters is 1. The summed E-state index contributed by atoms with van der Waals surface area (Å²) in [5, 5.41) is 2.73. The van der Waals surface area contributed by atoms with Crippen LogP contribution in [0.5, 0.6) is 0 Å². The number of thiocarbonyl (C=S) groups is 1. The van der Waals surface area contributed by atoms with E-state index >= 15 is 0 Å². The Labute approximate surface area is 205 Å². The van der Waals surface area contributed by atoms with Crippen molar-refractivity contribution in [3.63, 3.8) is 0 Å². The summed E-state index contributed by atoms with van der Waals surface area (Å²) in [6, 6.07) is 13.3. The van der Waals surface area contributed by atoms with Gasteiger partial charge in [0.2, 0.25) is 5.91 Å². The molecule has 1 saturated heterocycles. The standard InChI is InChI=1S/C24H21N3O5S2/c1-3-26-22(30)20(34-24(26)33)19-16-7-5-6-8-17(16)27(21(19)29)13-18(28)25-15-11-9-14(10-12-15)23(31)32-4-2/h5-12H,3-4,13H2,1-2H3,(H,25,28). The average Bonchev–Trinajstić information content (AvgIpc) is 3.26. The number of fused-ring (bicyclic) bond motifs is 1. The van der Waals surface area contributed by atoms with Gasteiger partial charge >= 0.3 is 5.97 Å². The molecule has 2 aromatic rings. The lowest BCUT2D eigenvalue weighted by molar-refractivity contribution is -0.122. The Bertz CT molecular complexity index is 1240. The van der Waals surface area contributed by atoms with Gasteiger partial charge in [0.15, 0.2) is 0 Å². The molecule has 0 atom stereocenters. The first-order chi connectivity index (χ1) is 16.3. The first-order valence-corrected chi connectivity index (χ1v) is 11.8. The first-order valence-electron chi connectivity index (χ1n) is 10.6. The molecule has 0 spiro atoms. The Morgan fingerprint density at radius 3 is 2.35 bits per heavy atom. The number of thioether (sulfide) groups is 1. The second-order valence-corrected chi connectivity index (χ2v) is 9.02. The molecule has 0 radical (unpaired) electrons. The molecule has 4 rings (SSSR count). The second-order valence-electron chi connectivity index (χ2n) is 7.38. The minimum absolute atomic E-state index is 0.243. The van der Waals surface area contributed by atoms with E-state index in [1.807, 2.05) is 6.92 Å². The van der Waals surface area contributed by atoms with E-state index in [0.717, 1.165) is 11.8 Å². The lowest BCUT2D eigenvalue weighted by Crippen LogP contribution is -2.35. The summed E-state index contributed by atoms with van der Waals surface area (Å²) < 4.78 is 5.36. The molecule has 0 bridgehead atoms. The highest BCUT2D eigenvalue weighted by Gasteiger charge is 2.41. The van der Waals surface area contributed by atoms with Crippen molar-refractivity contribution in [1.82, 2.24) is 4.90 Å². The van der Waals surface area contributed by atoms with Gasteiger partial charge in [-0.1, -0.05) is 42.2 Å². The molecule has 34 heavy (non-hydrogen) atoms. The molecule has 2 aromatic carbocycles. The molecule has 1 fully saturated rings. The number of nitrogens with one attached hydrogen (secondary N) is 1. The fourth-order valence-electron chi connectivity index (χ4n) is 3.73. The van der Waals surface area contributed by atoms with E-state index in [4.69, 9.17) is 17.0 Å². The van der Waals surface area contributed by atoms with Gasteiger partial charge in [-0.15, -0.1) is 0 Å². The van der Waals surface area contributed by atoms with E-state index in [1.54, 1.807) is 55.5 Å². The maximum Gasteiger partial charge on any atom is 0.338 e. The summed E-state index contributed by atoms with van der Waals surface area (Å²) >= 11 is 6.40. The number of benzene rings is 2. The number of nitrogens with zero attached hydrogens (tertiary/aromatic N) is 2. The number of para-hydroxylation sites is 1. The Morgan fingerprint density at radius 2 is 1.71 bits per heavy atom. The fraction of sp³-hybridized carbons (Fsp3) is 0.208. The van der Waals surface area contributed by atoms with Crippen LogP contribution in [0.15, 0.2) is 53.4 Å². The van der Waals surface area contributed by atoms with Gasteiger partial charge in [-0.3, -0.25) is 24.2 Å². The Morgan fingerprint density at radius 1 is 1.00 bits per heavy atom. The van der Waals surface area contributed by atoms with E-state index in [2.05, 4.69) is 5.32 Å². The zero-order valence-corrected chi connectivity index (χ0v) is 20.1. The summed E-state index contributed by atoms with van der Waals surface area (Å²) in [7, 11) is 0. The predicted molar refractivity (Wildman–Crippen MR) is 134 cm³/mol. The first kappa shape index (κ1) is 23.7. The van der Waals surface area contributed by atoms with E-state index in [0.29, 0.717) is 33.4 Å². The summed E-state index contributed by atoms with van der Waals surface area (Å²) in [6.07, 6.45) is 0. The van der Waals surface area contributed by atoms with Crippen molar-refractivity contribution in [3.8, 4) is 0 Å². The van der Waals surface area contributed by atoms with E-state index in [9.17, 15) is 19.2 Å². The Hall–Kier alpha value is -3.50. The minimum atomic E-state index is -0.444. The van der Waals surface area contributed by atoms with Crippen molar-refractivity contribution in [2.75, 3.05) is 29.9 Å². The maximum absolute atomic E-state index is 13.4. The number of carbonyl (C=O) groups is 4. The van der Waals surface area contributed by atoms with Crippen LogP contribution in [0.25, 0.3) is 5.57 Å². The molecule has 3 amide bonds. The number of ether oxygens (including phenoxy) is 1. The largest absolute Gasteiger partial charge is 0.462 e. The van der Waals surface area contributed by atoms with Crippen LogP contribution in [0.1, 0.15) is 29.8 Å². The van der Waals surface area contributed by atoms with Gasteiger partial charge in [0, 0.05) is 17.8 Å². The van der Waals surface area contributed by atoms with Gasteiger partial charge in [0.25, 0.3) is 11.8 Å². The van der Waals surface area contributed by atoms with Crippen LogP contribution in [0.4, 0.5) is 11.4 Å². The smallest absolute Gasteiger partial charge is 0.338 e. The summed E-state index contributed by atoms with van der Waals surface area (Å²) in [5.41, 5.74) is 2.25. The highest BCUT2D eigenvalue weighted by atomic mass is 32.2. The zero-order chi connectivity index (χ0) is 24.4. The van der Waals surface area contributed by atoms with Crippen LogP contribution in [-0.2, 0) is 19.1 Å². The highest BCUT2D eigenvalue weighted by Crippen LogP contribution is 2.44. The molecule has 1 N–H and O–H groups in total. The predicted octanol–water partition coefficient (Wildman–Crippen LogP) is 3.44. The van der Waals surface area contributed by atoms with Crippen molar-refractivity contribution in [2.24, 2.45) is 0 Å². The lowest BCUT2D eigenvalue weighted by Gasteiger charge is -2.17. The quantitative estimate of drug-likeness (QED) is 0.373. The average molecular weight is 496 g/mol. The third kappa shape index (κ3) is 4.34. The molecule has 0 aromatic heterocycles. The fourth-order valence-corrected chi connectivity index (χ4v) is 5.18. The molecular weight excluding hydrogens is 474 g/mol. The molecule has 2 aliphatic heterocycles. The zero-order valence-electron chi connectivity index (χ0n) is 18.5. The van der Waals surface area contributed by atoms with Crippen molar-refractivity contribution in [1.29, 1.82) is 0 Å². The lowest BCUT2D eigenvalue weighted by atomic mass is 10.1. The summed E-state index contributed by atoms with van der Waals surface area (Å²) in [4.78, 5) is 53.9. The van der Waals surface area contributed by atoms with Crippen LogP contribution in [-0.4, -0.2) is 52.6 Å². The molecule has 0 unspecified atom stereocenters. The molecule has 0 aliphatic carbocycles. The van der Waals surface area contributed by atoms with Crippen molar-refractivity contribution in [3.05, 3.63) is 64.6 Å². The topological polar surface area (TPSA) is 96.0 Å². The van der Waals surface area contributed by atoms with Crippen molar-refractivity contribution < 1.29 is 23.9 Å². The van der Waals surface area contributed by atoms with E-state index in [-0.39, 0.29) is 29.5 Å². The third-order valence-corrected chi connectivity index (χ3v) is 6.75. The number of anilines is 2. The van der Waals surface area contributed by atoms with Crippen molar-refractivity contribution >= 4 is 68.9 Å². The maximum atomic E-state index is 13.4. The van der Waals surface area contributed by atoms with Crippen LogP contribution in [0, 0.1) is 0 Å². The monoisotopic (exact) mass is 495 g/mol. The Balaban J connectivity index is 1.55. The number of carbonyl (C=O) groups excluding carboxylic acids is 4. The summed E-state index contributed by atoms with van der Waals surface area (Å²) in [6.45, 7) is 3.98. The third-order valence-electron chi connectivity index (χ3n) is 5.30. The Kier molecular flexibility index (Phi) is 6.80. The number of likely N-dealkylation sites (N-methyl/N-ethyl adjacent to an activating group) is 1. The normalized spacial score (nSPS) is 17.3. The number of hydrogen-bond acceptors (Lipinski definition) is 7. The number of hydrogen-bond donors (Lipinski definition) is 1. The minimum Gasteiger partial charge on any atom is -0.462 e. The van der Waals surface area contributed by atoms with Crippen LogP contribution >= 0.6 is 24.0 Å².